The van der Waals surface area contributed by atoms with Crippen LogP contribution >= 0.6 is 24.0 Å². The van der Waals surface area contributed by atoms with Gasteiger partial charge in [-0.1, -0.05) is 12.2 Å². The average Bonchev–Trinajstić information content (AvgIpc) is 2.23. The van der Waals surface area contributed by atoms with E-state index in [1.165, 1.54) is 0 Å². The van der Waals surface area contributed by atoms with Crippen LogP contribution in [0.2, 0.25) is 0 Å². The van der Waals surface area contributed by atoms with Crippen molar-refractivity contribution in [3.05, 3.63) is 0 Å². The zero-order valence-corrected chi connectivity index (χ0v) is 9.83. The zero-order valence-electron chi connectivity index (χ0n) is 6.57. The lowest BCUT2D eigenvalue weighted by Gasteiger charge is -2.16. The molecule has 12 heteroatoms. The van der Waals surface area contributed by atoms with Gasteiger partial charge < -0.3 is 5.32 Å². The number of amides is 1. The minimum Gasteiger partial charge on any atom is -0.308 e. The Balaban J connectivity index is 3.62. The third-order valence-electron chi connectivity index (χ3n) is 1.40. The Kier molecular flexibility index (Phi) is 2.87. The van der Waals surface area contributed by atoms with Crippen LogP contribution in [0.1, 0.15) is 0 Å². The van der Waals surface area contributed by atoms with Crippen LogP contribution in [0.3, 0.4) is 0 Å². The number of thioether (sulfide) groups is 1. The van der Waals surface area contributed by atoms with E-state index in [2.05, 4.69) is 12.2 Å². The van der Waals surface area contributed by atoms with Crippen molar-refractivity contribution in [2.45, 2.75) is 3.41 Å². The van der Waals surface area contributed by atoms with Crippen molar-refractivity contribution in [1.29, 1.82) is 0 Å². The molecule has 1 aliphatic heterocycles. The van der Waals surface area contributed by atoms with Crippen molar-refractivity contribution in [3.8, 4) is 0 Å². The van der Waals surface area contributed by atoms with Crippen molar-refractivity contribution < 1.29 is 30.7 Å². The average molecular weight is 293 g/mol. The molecule has 0 saturated carbocycles. The van der Waals surface area contributed by atoms with Crippen molar-refractivity contribution in [2.24, 2.45) is 0 Å². The monoisotopic (exact) mass is 293 g/mol. The molecule has 1 saturated heterocycles. The first-order valence-electron chi connectivity index (χ1n) is 3.01. The molecule has 86 valence electrons. The highest BCUT2D eigenvalue weighted by molar-refractivity contribution is 8.38. The Morgan fingerprint density at radius 3 is 1.73 bits per heavy atom. The summed E-state index contributed by atoms with van der Waals surface area (Å²) < 4.78 is 56.8. The van der Waals surface area contributed by atoms with Crippen LogP contribution in [-0.4, -0.2) is 39.6 Å². The van der Waals surface area contributed by atoms with E-state index in [4.69, 9.17) is 9.11 Å². The first kappa shape index (κ1) is 12.8. The first-order chi connectivity index (χ1) is 6.52. The summed E-state index contributed by atoms with van der Waals surface area (Å²) in [6.07, 6.45) is 0. The molecule has 0 aromatic heterocycles. The van der Waals surface area contributed by atoms with Crippen LogP contribution in [0.4, 0.5) is 0 Å². The molecule has 1 aliphatic rings. The summed E-state index contributed by atoms with van der Waals surface area (Å²) in [4.78, 5) is 11.1. The molecule has 1 amide bonds. The van der Waals surface area contributed by atoms with Crippen LogP contribution in [0.15, 0.2) is 0 Å². The Morgan fingerprint density at radius 2 is 1.60 bits per heavy atom. The fraction of sp³-hybridized carbons (Fsp3) is 0.333. The highest BCUT2D eigenvalue weighted by Crippen LogP contribution is 2.40. The summed E-state index contributed by atoms with van der Waals surface area (Å²) in [6, 6.07) is 0. The Hall–Kier alpha value is -0.270. The van der Waals surface area contributed by atoms with E-state index in [-0.39, 0.29) is 11.8 Å². The quantitative estimate of drug-likeness (QED) is 0.413. The van der Waals surface area contributed by atoms with Crippen molar-refractivity contribution in [3.63, 3.8) is 0 Å². The highest BCUT2D eigenvalue weighted by atomic mass is 32.3. The van der Waals surface area contributed by atoms with Gasteiger partial charge in [0.05, 0.1) is 0 Å². The van der Waals surface area contributed by atoms with Gasteiger partial charge in [-0.05, 0) is 11.8 Å². The SMILES string of the molecule is O=C1NC(=S)SC1(S(=O)(=O)O)S(=O)(=O)O. The Bertz CT molecular complexity index is 497. The van der Waals surface area contributed by atoms with Crippen LogP contribution < -0.4 is 5.32 Å². The van der Waals surface area contributed by atoms with Crippen LogP contribution in [-0.2, 0) is 25.0 Å². The molecule has 15 heavy (non-hydrogen) atoms. The van der Waals surface area contributed by atoms with Gasteiger partial charge >= 0.3 is 23.6 Å². The fourth-order valence-electron chi connectivity index (χ4n) is 0.836. The van der Waals surface area contributed by atoms with Crippen LogP contribution in [0.25, 0.3) is 0 Å². The van der Waals surface area contributed by atoms with E-state index in [0.29, 0.717) is 0 Å². The summed E-state index contributed by atoms with van der Waals surface area (Å²) in [6.45, 7) is 0. The molecule has 1 rings (SSSR count). The van der Waals surface area contributed by atoms with Gasteiger partial charge in [0.2, 0.25) is 0 Å². The maximum Gasteiger partial charge on any atom is 0.351 e. The van der Waals surface area contributed by atoms with Crippen molar-refractivity contribution in [1.82, 2.24) is 5.32 Å². The lowest BCUT2D eigenvalue weighted by atomic mass is 10.7. The molecule has 1 heterocycles. The predicted molar refractivity (Wildman–Crippen MR) is 54.2 cm³/mol. The molecule has 0 spiro atoms. The number of hydrogen-bond donors (Lipinski definition) is 3. The number of hydrogen-bond acceptors (Lipinski definition) is 7. The Morgan fingerprint density at radius 1 is 1.20 bits per heavy atom. The summed E-state index contributed by atoms with van der Waals surface area (Å²) in [5, 5.41) is 1.70. The van der Waals surface area contributed by atoms with Gasteiger partial charge in [0.25, 0.3) is 5.91 Å². The van der Waals surface area contributed by atoms with Gasteiger partial charge in [0.15, 0.2) is 0 Å². The molecule has 0 radical (unpaired) electrons. The molecule has 0 bridgehead atoms. The fourth-order valence-corrected chi connectivity index (χ4v) is 5.13. The summed E-state index contributed by atoms with van der Waals surface area (Å²) in [5.74, 6) is -1.62. The van der Waals surface area contributed by atoms with Gasteiger partial charge in [-0.25, -0.2) is 0 Å². The molecule has 0 unspecified atom stereocenters. The number of nitrogens with one attached hydrogen (secondary N) is 1. The van der Waals surface area contributed by atoms with Gasteiger partial charge in [-0.2, -0.15) is 16.8 Å². The standard InChI is InChI=1S/C3H3NO7S4/c5-1-3(14(6,7)8,15(9,10)11)13-2(12)4-1/h(H,4,5,12)(H,6,7,8)(H,9,10,11). The summed E-state index contributed by atoms with van der Waals surface area (Å²) >= 11 is 4.19. The molecular formula is C3H3NO7S4. The number of carbonyl (C=O) groups excluding carboxylic acids is 1. The third kappa shape index (κ3) is 1.76. The maximum absolute atomic E-state index is 11.1. The summed E-state index contributed by atoms with van der Waals surface area (Å²) in [5.41, 5.74) is 0. The van der Waals surface area contributed by atoms with E-state index in [0.717, 1.165) is 0 Å². The third-order valence-corrected chi connectivity index (χ3v) is 7.25. The second kappa shape index (κ2) is 3.36. The van der Waals surface area contributed by atoms with Gasteiger partial charge in [0, 0.05) is 0 Å². The first-order valence-corrected chi connectivity index (χ1v) is 7.11. The van der Waals surface area contributed by atoms with Gasteiger partial charge in [-0.15, -0.1) is 0 Å². The normalized spacial score (nSPS) is 21.5. The second-order valence-electron chi connectivity index (χ2n) is 2.35. The van der Waals surface area contributed by atoms with E-state index >= 15 is 0 Å². The summed E-state index contributed by atoms with van der Waals surface area (Å²) in [7, 11) is -10.8. The minimum absolute atomic E-state index is 0.170. The highest BCUT2D eigenvalue weighted by Gasteiger charge is 2.66. The van der Waals surface area contributed by atoms with E-state index in [1.54, 1.807) is 5.32 Å². The zero-order chi connectivity index (χ0) is 12.1. The van der Waals surface area contributed by atoms with E-state index in [1.807, 2.05) is 0 Å². The second-order valence-corrected chi connectivity index (χ2v) is 8.14. The Labute approximate surface area is 93.9 Å². The number of rotatable bonds is 2. The lowest BCUT2D eigenvalue weighted by Crippen LogP contribution is -2.49. The van der Waals surface area contributed by atoms with E-state index < -0.39 is 33.9 Å². The molecule has 8 nitrogen and oxygen atoms in total. The predicted octanol–water partition coefficient (Wildman–Crippen LogP) is -1.44. The van der Waals surface area contributed by atoms with Gasteiger partial charge in [0.1, 0.15) is 4.32 Å². The molecule has 0 aromatic rings. The molecule has 0 atom stereocenters. The molecule has 0 aromatic carbocycles. The lowest BCUT2D eigenvalue weighted by molar-refractivity contribution is -0.118. The maximum atomic E-state index is 11.1. The topological polar surface area (TPSA) is 138 Å². The molecular weight excluding hydrogens is 290 g/mol. The van der Waals surface area contributed by atoms with Crippen molar-refractivity contribution in [2.75, 3.05) is 0 Å². The molecule has 3 N–H and O–H groups in total. The minimum atomic E-state index is -5.38. The van der Waals surface area contributed by atoms with E-state index in [9.17, 15) is 21.6 Å². The van der Waals surface area contributed by atoms with Crippen LogP contribution in [0, 0.1) is 0 Å². The smallest absolute Gasteiger partial charge is 0.308 e. The molecule has 1 fully saturated rings. The largest absolute Gasteiger partial charge is 0.351 e. The molecule has 0 aliphatic carbocycles. The number of carbonyl (C=O) groups is 1. The van der Waals surface area contributed by atoms with Gasteiger partial charge in [-0.3, -0.25) is 13.9 Å². The van der Waals surface area contributed by atoms with Crippen LogP contribution in [0.5, 0.6) is 0 Å². The van der Waals surface area contributed by atoms with Crippen molar-refractivity contribution >= 4 is 54.4 Å². The number of thiocarbonyl (C=S) groups is 1.